The summed E-state index contributed by atoms with van der Waals surface area (Å²) in [5.41, 5.74) is 4.02. The Bertz CT molecular complexity index is 796. The highest BCUT2D eigenvalue weighted by atomic mass is 16.2. The van der Waals surface area contributed by atoms with Gasteiger partial charge in [-0.2, -0.15) is 0 Å². The number of carbonyl (C=O) groups excluding carboxylic acids is 2. The minimum absolute atomic E-state index is 0.0857. The van der Waals surface area contributed by atoms with E-state index in [9.17, 15) is 9.59 Å². The van der Waals surface area contributed by atoms with Crippen molar-refractivity contribution in [3.63, 3.8) is 0 Å². The standard InChI is InChI=1S/C21H26N4O2/c1-16-4-3-5-18(14-16)15-24-10-12-25(13-11-24)21(27)23-20-8-6-19(7-9-20)22-17(2)26/h3-9,14H,10-13,15H2,1-2H3,(H,22,26)(H,23,27). The van der Waals surface area contributed by atoms with Crippen molar-refractivity contribution < 1.29 is 9.59 Å². The molecule has 1 aliphatic heterocycles. The lowest BCUT2D eigenvalue weighted by Gasteiger charge is -2.34. The molecule has 0 aromatic heterocycles. The number of piperazine rings is 1. The molecule has 2 aromatic carbocycles. The molecule has 1 saturated heterocycles. The summed E-state index contributed by atoms with van der Waals surface area (Å²) in [6.45, 7) is 7.64. The van der Waals surface area contributed by atoms with Crippen LogP contribution in [0.1, 0.15) is 18.1 Å². The van der Waals surface area contributed by atoms with E-state index in [-0.39, 0.29) is 11.9 Å². The smallest absolute Gasteiger partial charge is 0.321 e. The number of nitrogens with zero attached hydrogens (tertiary/aromatic N) is 2. The van der Waals surface area contributed by atoms with Crippen molar-refractivity contribution in [2.24, 2.45) is 0 Å². The Hall–Kier alpha value is -2.86. The van der Waals surface area contributed by atoms with Crippen molar-refractivity contribution in [2.75, 3.05) is 36.8 Å². The minimum atomic E-state index is -0.115. The molecule has 0 radical (unpaired) electrons. The molecular formula is C21H26N4O2. The van der Waals surface area contributed by atoms with Crippen molar-refractivity contribution >= 4 is 23.3 Å². The summed E-state index contributed by atoms with van der Waals surface area (Å²) in [6.07, 6.45) is 0. The van der Waals surface area contributed by atoms with E-state index in [0.29, 0.717) is 18.8 Å². The molecule has 0 saturated carbocycles. The Kier molecular flexibility index (Phi) is 6.08. The lowest BCUT2D eigenvalue weighted by atomic mass is 10.1. The van der Waals surface area contributed by atoms with Crippen molar-refractivity contribution in [1.82, 2.24) is 9.80 Å². The number of hydrogen-bond acceptors (Lipinski definition) is 3. The Morgan fingerprint density at radius 1 is 0.926 bits per heavy atom. The molecule has 0 unspecified atom stereocenters. The van der Waals surface area contributed by atoms with Gasteiger partial charge in [0.2, 0.25) is 5.91 Å². The highest BCUT2D eigenvalue weighted by molar-refractivity contribution is 5.91. The summed E-state index contributed by atoms with van der Waals surface area (Å²) in [5, 5.41) is 5.63. The maximum Gasteiger partial charge on any atom is 0.321 e. The summed E-state index contributed by atoms with van der Waals surface area (Å²) in [6, 6.07) is 15.6. The number of aryl methyl sites for hydroxylation is 1. The molecule has 0 aliphatic carbocycles. The van der Waals surface area contributed by atoms with Crippen LogP contribution in [-0.4, -0.2) is 47.9 Å². The van der Waals surface area contributed by atoms with E-state index in [1.165, 1.54) is 18.1 Å². The van der Waals surface area contributed by atoms with Gasteiger partial charge in [0.25, 0.3) is 0 Å². The number of urea groups is 1. The third-order valence-electron chi connectivity index (χ3n) is 4.60. The Balaban J connectivity index is 1.47. The zero-order chi connectivity index (χ0) is 19.2. The molecule has 27 heavy (non-hydrogen) atoms. The van der Waals surface area contributed by atoms with Crippen molar-refractivity contribution in [2.45, 2.75) is 20.4 Å². The van der Waals surface area contributed by atoms with Crippen LogP contribution in [-0.2, 0) is 11.3 Å². The fraction of sp³-hybridized carbons (Fsp3) is 0.333. The molecule has 0 spiro atoms. The van der Waals surface area contributed by atoms with Gasteiger partial charge in [-0.3, -0.25) is 9.69 Å². The summed E-state index contributed by atoms with van der Waals surface area (Å²) in [7, 11) is 0. The number of nitrogens with one attached hydrogen (secondary N) is 2. The molecule has 3 rings (SSSR count). The van der Waals surface area contributed by atoms with Gasteiger partial charge in [-0.1, -0.05) is 29.8 Å². The SMILES string of the molecule is CC(=O)Nc1ccc(NC(=O)N2CCN(Cc3cccc(C)c3)CC2)cc1. The second-order valence-corrected chi connectivity index (χ2v) is 6.94. The number of rotatable bonds is 4. The van der Waals surface area contributed by atoms with Crippen LogP contribution < -0.4 is 10.6 Å². The average Bonchev–Trinajstić information content (AvgIpc) is 2.63. The summed E-state index contributed by atoms with van der Waals surface area (Å²) >= 11 is 0. The third-order valence-corrected chi connectivity index (χ3v) is 4.60. The summed E-state index contributed by atoms with van der Waals surface area (Å²) < 4.78 is 0. The fourth-order valence-electron chi connectivity index (χ4n) is 3.22. The van der Waals surface area contributed by atoms with Crippen LogP contribution in [0.15, 0.2) is 48.5 Å². The van der Waals surface area contributed by atoms with Crippen LogP contribution in [0, 0.1) is 6.92 Å². The topological polar surface area (TPSA) is 64.7 Å². The van der Waals surface area contributed by atoms with E-state index < -0.39 is 0 Å². The molecule has 2 N–H and O–H groups in total. The van der Waals surface area contributed by atoms with Gasteiger partial charge < -0.3 is 15.5 Å². The van der Waals surface area contributed by atoms with Gasteiger partial charge in [-0.05, 0) is 36.8 Å². The lowest BCUT2D eigenvalue weighted by Crippen LogP contribution is -2.49. The molecule has 3 amide bonds. The molecule has 2 aromatic rings. The van der Waals surface area contributed by atoms with E-state index in [1.54, 1.807) is 24.3 Å². The second kappa shape index (κ2) is 8.68. The number of benzene rings is 2. The van der Waals surface area contributed by atoms with Gasteiger partial charge in [0.15, 0.2) is 0 Å². The first-order chi connectivity index (χ1) is 13.0. The highest BCUT2D eigenvalue weighted by Gasteiger charge is 2.21. The third kappa shape index (κ3) is 5.56. The molecule has 0 atom stereocenters. The van der Waals surface area contributed by atoms with Gasteiger partial charge in [-0.25, -0.2) is 4.79 Å². The first-order valence-electron chi connectivity index (χ1n) is 9.21. The largest absolute Gasteiger partial charge is 0.326 e. The van der Waals surface area contributed by atoms with Crippen LogP contribution >= 0.6 is 0 Å². The average molecular weight is 366 g/mol. The lowest BCUT2D eigenvalue weighted by molar-refractivity contribution is -0.114. The molecule has 1 fully saturated rings. The Morgan fingerprint density at radius 3 is 2.15 bits per heavy atom. The Morgan fingerprint density at radius 2 is 1.56 bits per heavy atom. The predicted octanol–water partition coefficient (Wildman–Crippen LogP) is 3.30. The first-order valence-corrected chi connectivity index (χ1v) is 9.21. The number of hydrogen-bond donors (Lipinski definition) is 2. The first kappa shape index (κ1) is 18.9. The predicted molar refractivity (Wildman–Crippen MR) is 108 cm³/mol. The molecule has 0 bridgehead atoms. The number of carbonyl (C=O) groups is 2. The highest BCUT2D eigenvalue weighted by Crippen LogP contribution is 2.15. The van der Waals surface area contributed by atoms with E-state index in [2.05, 4.69) is 46.7 Å². The van der Waals surface area contributed by atoms with Crippen molar-refractivity contribution in [3.05, 3.63) is 59.7 Å². The number of anilines is 2. The van der Waals surface area contributed by atoms with E-state index in [1.807, 2.05) is 4.90 Å². The zero-order valence-corrected chi connectivity index (χ0v) is 15.9. The summed E-state index contributed by atoms with van der Waals surface area (Å²) in [5.74, 6) is -0.115. The van der Waals surface area contributed by atoms with Crippen LogP contribution in [0.5, 0.6) is 0 Å². The minimum Gasteiger partial charge on any atom is -0.326 e. The summed E-state index contributed by atoms with van der Waals surface area (Å²) in [4.78, 5) is 27.7. The maximum atomic E-state index is 12.5. The molecule has 1 heterocycles. The molecule has 6 nitrogen and oxygen atoms in total. The van der Waals surface area contributed by atoms with E-state index in [0.717, 1.165) is 25.3 Å². The van der Waals surface area contributed by atoms with E-state index in [4.69, 9.17) is 0 Å². The van der Waals surface area contributed by atoms with Gasteiger partial charge in [0, 0.05) is 51.0 Å². The zero-order valence-electron chi connectivity index (χ0n) is 15.9. The van der Waals surface area contributed by atoms with Crippen LogP contribution in [0.2, 0.25) is 0 Å². The van der Waals surface area contributed by atoms with Crippen LogP contribution in [0.3, 0.4) is 0 Å². The van der Waals surface area contributed by atoms with Crippen LogP contribution in [0.25, 0.3) is 0 Å². The normalized spacial score (nSPS) is 14.7. The van der Waals surface area contributed by atoms with Gasteiger partial charge >= 0.3 is 6.03 Å². The van der Waals surface area contributed by atoms with Gasteiger partial charge in [-0.15, -0.1) is 0 Å². The van der Waals surface area contributed by atoms with Gasteiger partial charge in [0.05, 0.1) is 0 Å². The maximum absolute atomic E-state index is 12.5. The van der Waals surface area contributed by atoms with Crippen LogP contribution in [0.4, 0.5) is 16.2 Å². The van der Waals surface area contributed by atoms with Gasteiger partial charge in [0.1, 0.15) is 0 Å². The molecule has 1 aliphatic rings. The fourth-order valence-corrected chi connectivity index (χ4v) is 3.22. The monoisotopic (exact) mass is 366 g/mol. The van der Waals surface area contributed by atoms with Crippen molar-refractivity contribution in [3.8, 4) is 0 Å². The molecule has 142 valence electrons. The Labute approximate surface area is 160 Å². The molecular weight excluding hydrogens is 340 g/mol. The quantitative estimate of drug-likeness (QED) is 0.873. The number of amides is 3. The van der Waals surface area contributed by atoms with E-state index >= 15 is 0 Å². The molecule has 6 heteroatoms. The van der Waals surface area contributed by atoms with Crippen molar-refractivity contribution in [1.29, 1.82) is 0 Å². The second-order valence-electron chi connectivity index (χ2n) is 6.94.